The fraction of sp³-hybridized carbons (Fsp3) is 0.500. The maximum absolute atomic E-state index is 4.89. The molecule has 0 unspecified atom stereocenters. The molecule has 0 aliphatic rings. The van der Waals surface area contributed by atoms with E-state index in [0.29, 0.717) is 0 Å². The van der Waals surface area contributed by atoms with Crippen LogP contribution in [0, 0.1) is 0 Å². The fourth-order valence-corrected chi connectivity index (χ4v) is 0.670. The van der Waals surface area contributed by atoms with Crippen LogP contribution in [0.1, 0.15) is 6.92 Å². The molecule has 0 bridgehead atoms. The predicted molar refractivity (Wildman–Crippen MR) is 32.8 cm³/mol. The molecule has 0 radical (unpaired) electrons. The highest BCUT2D eigenvalue weighted by Crippen LogP contribution is 1.76. The van der Waals surface area contributed by atoms with Crippen molar-refractivity contribution in [3.8, 4) is 0 Å². The molecule has 0 aliphatic carbocycles. The highest BCUT2D eigenvalue weighted by molar-refractivity contribution is 4.59. The first-order chi connectivity index (χ1) is 4.36. The Bertz CT molecular complexity index is 169. The number of aromatic nitrogens is 2. The van der Waals surface area contributed by atoms with Gasteiger partial charge in [-0.15, -0.1) is 0 Å². The van der Waals surface area contributed by atoms with Crippen molar-refractivity contribution in [3.63, 3.8) is 0 Å². The predicted octanol–water partition coefficient (Wildman–Crippen LogP) is -3.14. The summed E-state index contributed by atoms with van der Waals surface area (Å²) in [5.74, 6) is 0. The van der Waals surface area contributed by atoms with E-state index in [9.17, 15) is 0 Å². The van der Waals surface area contributed by atoms with Gasteiger partial charge in [0.25, 0.3) is 6.33 Å². The molecule has 0 N–H and O–H groups in total. The van der Waals surface area contributed by atoms with E-state index >= 15 is 0 Å². The van der Waals surface area contributed by atoms with Crippen molar-refractivity contribution in [3.05, 3.63) is 18.7 Å². The second kappa shape index (κ2) is 4.33. The number of halogens is 1. The lowest BCUT2D eigenvalue weighted by Crippen LogP contribution is -3.00. The summed E-state index contributed by atoms with van der Waals surface area (Å²) in [6.07, 6.45) is 5.72. The van der Waals surface area contributed by atoms with Crippen LogP contribution in [0.2, 0.25) is 0 Å². The summed E-state index contributed by atoms with van der Waals surface area (Å²) in [7, 11) is 1.64. The molecule has 0 spiro atoms. The average molecular weight is 207 g/mol. The molecule has 0 fully saturated rings. The molecule has 1 rings (SSSR count). The number of hydrogen-bond acceptors (Lipinski definition) is 1. The smallest absolute Gasteiger partial charge is 0.284 e. The highest BCUT2D eigenvalue weighted by atomic mass is 79.9. The van der Waals surface area contributed by atoms with Crippen LogP contribution in [0.3, 0.4) is 0 Å². The summed E-state index contributed by atoms with van der Waals surface area (Å²) in [5.41, 5.74) is 0. The molecular weight excluding hydrogens is 196 g/mol. The second-order valence-corrected chi connectivity index (χ2v) is 1.79. The van der Waals surface area contributed by atoms with Crippen LogP contribution in [0.5, 0.6) is 0 Å². The van der Waals surface area contributed by atoms with Crippen LogP contribution < -0.4 is 26.4 Å². The van der Waals surface area contributed by atoms with Crippen molar-refractivity contribution in [2.24, 2.45) is 0 Å². The molecule has 0 saturated carbocycles. The summed E-state index contributed by atoms with van der Waals surface area (Å²) in [6.45, 7) is 3.07. The summed E-state index contributed by atoms with van der Waals surface area (Å²) >= 11 is 0. The van der Waals surface area contributed by atoms with E-state index in [2.05, 4.69) is 6.92 Å². The lowest BCUT2D eigenvalue weighted by atomic mass is 10.7. The zero-order valence-electron chi connectivity index (χ0n) is 6.12. The largest absolute Gasteiger partial charge is 1.00 e. The van der Waals surface area contributed by atoms with Crippen LogP contribution >= 0.6 is 0 Å². The molecular formula is C6H11BrN2O. The molecule has 10 heavy (non-hydrogen) atoms. The Labute approximate surface area is 71.0 Å². The van der Waals surface area contributed by atoms with Gasteiger partial charge < -0.3 is 21.8 Å². The standard InChI is InChI=1S/C6H11N2O.BrH/c1-3-7-4-5-8(6-7)9-2;/h4-6H,3H2,1-2H3;1H/q+1;/p-1. The summed E-state index contributed by atoms with van der Waals surface area (Å²) in [5, 5.41) is 0. The van der Waals surface area contributed by atoms with Crippen molar-refractivity contribution >= 4 is 0 Å². The van der Waals surface area contributed by atoms with Crippen molar-refractivity contribution in [1.29, 1.82) is 0 Å². The van der Waals surface area contributed by atoms with Gasteiger partial charge in [-0.2, -0.15) is 0 Å². The lowest BCUT2D eigenvalue weighted by molar-refractivity contribution is -0.694. The van der Waals surface area contributed by atoms with Gasteiger partial charge in [-0.05, 0) is 6.92 Å². The average Bonchev–Trinajstić information content (AvgIpc) is 2.34. The minimum Gasteiger partial charge on any atom is -1.00 e. The molecule has 0 aromatic carbocycles. The Morgan fingerprint density at radius 1 is 1.60 bits per heavy atom. The highest BCUT2D eigenvalue weighted by Gasteiger charge is 1.97. The maximum Gasteiger partial charge on any atom is 0.284 e. The number of nitrogens with zero attached hydrogens (tertiary/aromatic N) is 2. The first kappa shape index (κ1) is 9.49. The number of rotatable bonds is 2. The van der Waals surface area contributed by atoms with E-state index in [0.717, 1.165) is 6.54 Å². The van der Waals surface area contributed by atoms with E-state index in [1.807, 2.05) is 23.3 Å². The number of hydrogen-bond donors (Lipinski definition) is 0. The minimum absolute atomic E-state index is 0. The van der Waals surface area contributed by atoms with Crippen LogP contribution in [0.15, 0.2) is 18.7 Å². The van der Waals surface area contributed by atoms with Crippen LogP contribution in [0.25, 0.3) is 0 Å². The quantitative estimate of drug-likeness (QED) is 0.469. The van der Waals surface area contributed by atoms with E-state index in [1.165, 1.54) is 0 Å². The third kappa shape index (κ3) is 2.02. The van der Waals surface area contributed by atoms with Gasteiger partial charge in [-0.1, -0.05) is 4.73 Å². The Hall–Kier alpha value is -0.510. The van der Waals surface area contributed by atoms with Gasteiger partial charge in [0.15, 0.2) is 6.20 Å². The molecule has 0 atom stereocenters. The van der Waals surface area contributed by atoms with Gasteiger partial charge in [0.05, 0.1) is 6.54 Å². The molecule has 1 aromatic rings. The normalized spacial score (nSPS) is 8.60. The summed E-state index contributed by atoms with van der Waals surface area (Å²) in [6, 6.07) is 0. The van der Waals surface area contributed by atoms with E-state index in [4.69, 9.17) is 4.84 Å². The number of aryl methyl sites for hydroxylation is 1. The minimum atomic E-state index is 0. The number of imidazole rings is 1. The van der Waals surface area contributed by atoms with Gasteiger partial charge in [0.1, 0.15) is 13.3 Å². The Balaban J connectivity index is 0.000000810. The molecule has 1 heterocycles. The fourth-order valence-electron chi connectivity index (χ4n) is 0.670. The van der Waals surface area contributed by atoms with Gasteiger partial charge in [-0.25, -0.2) is 4.57 Å². The molecule has 4 heteroatoms. The zero-order valence-corrected chi connectivity index (χ0v) is 7.71. The zero-order chi connectivity index (χ0) is 6.69. The second-order valence-electron chi connectivity index (χ2n) is 1.79. The van der Waals surface area contributed by atoms with E-state index in [1.54, 1.807) is 11.8 Å². The van der Waals surface area contributed by atoms with Gasteiger partial charge >= 0.3 is 0 Å². The lowest BCUT2D eigenvalue weighted by Gasteiger charge is -1.86. The van der Waals surface area contributed by atoms with E-state index < -0.39 is 0 Å². The van der Waals surface area contributed by atoms with Crippen molar-refractivity contribution < 1.29 is 26.4 Å². The van der Waals surface area contributed by atoms with Crippen LogP contribution in [-0.4, -0.2) is 11.8 Å². The molecule has 3 nitrogen and oxygen atoms in total. The van der Waals surface area contributed by atoms with Crippen molar-refractivity contribution in [2.45, 2.75) is 13.5 Å². The monoisotopic (exact) mass is 206 g/mol. The van der Waals surface area contributed by atoms with Crippen LogP contribution in [-0.2, 0) is 6.54 Å². The Morgan fingerprint density at radius 2 is 2.30 bits per heavy atom. The van der Waals surface area contributed by atoms with Crippen molar-refractivity contribution in [2.75, 3.05) is 7.11 Å². The molecule has 0 saturated heterocycles. The maximum atomic E-state index is 4.89. The van der Waals surface area contributed by atoms with Crippen molar-refractivity contribution in [1.82, 2.24) is 4.73 Å². The molecule has 0 amide bonds. The summed E-state index contributed by atoms with van der Waals surface area (Å²) in [4.78, 5) is 4.89. The third-order valence-corrected chi connectivity index (χ3v) is 1.24. The first-order valence-electron chi connectivity index (χ1n) is 2.98. The topological polar surface area (TPSA) is 18.0 Å². The molecule has 1 aromatic heterocycles. The molecule has 58 valence electrons. The molecule has 0 aliphatic heterocycles. The van der Waals surface area contributed by atoms with E-state index in [-0.39, 0.29) is 17.0 Å². The van der Waals surface area contributed by atoms with Gasteiger partial charge in [0, 0.05) is 0 Å². The van der Waals surface area contributed by atoms with Gasteiger partial charge in [-0.3, -0.25) is 0 Å². The third-order valence-electron chi connectivity index (χ3n) is 1.24. The first-order valence-corrected chi connectivity index (χ1v) is 2.98. The SMILES string of the molecule is CC[n+]1ccn(OC)c1.[Br-]. The van der Waals surface area contributed by atoms with Crippen LogP contribution in [0.4, 0.5) is 0 Å². The Morgan fingerprint density at radius 3 is 2.60 bits per heavy atom. The Kier molecular flexibility index (Phi) is 4.11. The summed E-state index contributed by atoms with van der Waals surface area (Å²) < 4.78 is 3.69. The van der Waals surface area contributed by atoms with Gasteiger partial charge in [0.2, 0.25) is 0 Å².